The van der Waals surface area contributed by atoms with Crippen molar-refractivity contribution in [2.75, 3.05) is 13.9 Å². The SMILES string of the molecule is COCOc1ccc(C)cc1[C@H](C)N. The third-order valence-electron chi connectivity index (χ3n) is 1.99. The summed E-state index contributed by atoms with van der Waals surface area (Å²) in [6.45, 7) is 4.23. The van der Waals surface area contributed by atoms with Gasteiger partial charge in [0, 0.05) is 18.7 Å². The van der Waals surface area contributed by atoms with Gasteiger partial charge in [-0.1, -0.05) is 17.7 Å². The number of hydrogen-bond donors (Lipinski definition) is 1. The molecular weight excluding hydrogens is 178 g/mol. The third-order valence-corrected chi connectivity index (χ3v) is 1.99. The van der Waals surface area contributed by atoms with Crippen molar-refractivity contribution < 1.29 is 9.47 Å². The zero-order valence-electron chi connectivity index (χ0n) is 8.91. The molecule has 2 N–H and O–H groups in total. The minimum Gasteiger partial charge on any atom is -0.467 e. The summed E-state index contributed by atoms with van der Waals surface area (Å²) in [7, 11) is 1.60. The maximum atomic E-state index is 5.83. The Morgan fingerprint density at radius 1 is 1.43 bits per heavy atom. The van der Waals surface area contributed by atoms with E-state index in [1.165, 1.54) is 5.56 Å². The second-order valence-electron chi connectivity index (χ2n) is 3.38. The molecule has 0 spiro atoms. The van der Waals surface area contributed by atoms with Gasteiger partial charge in [-0.25, -0.2) is 0 Å². The van der Waals surface area contributed by atoms with Crippen LogP contribution in [0.25, 0.3) is 0 Å². The van der Waals surface area contributed by atoms with E-state index in [0.717, 1.165) is 11.3 Å². The average Bonchev–Trinajstić information content (AvgIpc) is 2.15. The molecule has 1 aromatic carbocycles. The molecule has 0 aliphatic rings. The van der Waals surface area contributed by atoms with E-state index >= 15 is 0 Å². The minimum absolute atomic E-state index is 0.0262. The molecule has 0 aliphatic heterocycles. The number of ether oxygens (including phenoxy) is 2. The number of benzene rings is 1. The molecule has 78 valence electrons. The molecule has 1 atom stereocenters. The maximum Gasteiger partial charge on any atom is 0.188 e. The van der Waals surface area contributed by atoms with E-state index in [4.69, 9.17) is 15.2 Å². The van der Waals surface area contributed by atoms with Gasteiger partial charge in [-0.2, -0.15) is 0 Å². The molecule has 3 nitrogen and oxygen atoms in total. The summed E-state index contributed by atoms with van der Waals surface area (Å²) in [5.74, 6) is 0.799. The molecule has 0 unspecified atom stereocenters. The van der Waals surface area contributed by atoms with Crippen molar-refractivity contribution in [2.45, 2.75) is 19.9 Å². The molecule has 14 heavy (non-hydrogen) atoms. The summed E-state index contributed by atoms with van der Waals surface area (Å²) in [5, 5.41) is 0. The number of methoxy groups -OCH3 is 1. The summed E-state index contributed by atoms with van der Waals surface area (Å²) in [6, 6.07) is 5.93. The highest BCUT2D eigenvalue weighted by molar-refractivity contribution is 5.38. The predicted octanol–water partition coefficient (Wildman–Crippen LogP) is 2.00. The van der Waals surface area contributed by atoms with E-state index in [2.05, 4.69) is 0 Å². The Hall–Kier alpha value is -1.06. The number of aryl methyl sites for hydroxylation is 1. The molecule has 1 rings (SSSR count). The van der Waals surface area contributed by atoms with Crippen molar-refractivity contribution in [3.63, 3.8) is 0 Å². The fourth-order valence-electron chi connectivity index (χ4n) is 1.28. The summed E-state index contributed by atoms with van der Waals surface area (Å²) < 4.78 is 10.2. The van der Waals surface area contributed by atoms with Crippen LogP contribution >= 0.6 is 0 Å². The van der Waals surface area contributed by atoms with E-state index in [1.807, 2.05) is 32.0 Å². The molecule has 0 aromatic heterocycles. The lowest BCUT2D eigenvalue weighted by molar-refractivity contribution is 0.0502. The quantitative estimate of drug-likeness (QED) is 0.747. The maximum absolute atomic E-state index is 5.83. The van der Waals surface area contributed by atoms with Crippen molar-refractivity contribution in [2.24, 2.45) is 5.73 Å². The van der Waals surface area contributed by atoms with Gasteiger partial charge in [0.2, 0.25) is 0 Å². The Kier molecular flexibility index (Phi) is 3.92. The van der Waals surface area contributed by atoms with Gasteiger partial charge in [-0.15, -0.1) is 0 Å². The van der Waals surface area contributed by atoms with Gasteiger partial charge in [0.15, 0.2) is 6.79 Å². The Labute approximate surface area is 84.8 Å². The second kappa shape index (κ2) is 4.98. The summed E-state index contributed by atoms with van der Waals surface area (Å²) in [5.41, 5.74) is 8.03. The van der Waals surface area contributed by atoms with Crippen LogP contribution in [0.4, 0.5) is 0 Å². The number of hydrogen-bond acceptors (Lipinski definition) is 3. The van der Waals surface area contributed by atoms with Gasteiger partial charge in [-0.05, 0) is 19.9 Å². The van der Waals surface area contributed by atoms with Crippen molar-refractivity contribution >= 4 is 0 Å². The van der Waals surface area contributed by atoms with Gasteiger partial charge in [0.25, 0.3) is 0 Å². The topological polar surface area (TPSA) is 44.5 Å². The highest BCUT2D eigenvalue weighted by Gasteiger charge is 2.07. The van der Waals surface area contributed by atoms with Crippen LogP contribution in [0.2, 0.25) is 0 Å². The molecule has 0 saturated heterocycles. The van der Waals surface area contributed by atoms with Crippen molar-refractivity contribution in [3.8, 4) is 5.75 Å². The largest absolute Gasteiger partial charge is 0.467 e. The Balaban J connectivity index is 2.90. The highest BCUT2D eigenvalue weighted by atomic mass is 16.7. The van der Waals surface area contributed by atoms with Crippen LogP contribution in [0, 0.1) is 6.92 Å². The van der Waals surface area contributed by atoms with Gasteiger partial charge >= 0.3 is 0 Å². The number of rotatable bonds is 4. The first kappa shape index (κ1) is 11.0. The van der Waals surface area contributed by atoms with Crippen LogP contribution in [-0.4, -0.2) is 13.9 Å². The Morgan fingerprint density at radius 3 is 2.71 bits per heavy atom. The Morgan fingerprint density at radius 2 is 2.14 bits per heavy atom. The van der Waals surface area contributed by atoms with Crippen LogP contribution in [-0.2, 0) is 4.74 Å². The first-order chi connectivity index (χ1) is 6.65. The predicted molar refractivity (Wildman–Crippen MR) is 56.3 cm³/mol. The zero-order valence-corrected chi connectivity index (χ0v) is 8.91. The van der Waals surface area contributed by atoms with Crippen molar-refractivity contribution in [1.82, 2.24) is 0 Å². The molecule has 0 aliphatic carbocycles. The fourth-order valence-corrected chi connectivity index (χ4v) is 1.28. The lowest BCUT2D eigenvalue weighted by Crippen LogP contribution is -2.09. The molecule has 3 heteroatoms. The summed E-state index contributed by atoms with van der Waals surface area (Å²) >= 11 is 0. The molecule has 0 saturated carbocycles. The molecule has 0 heterocycles. The normalized spacial score (nSPS) is 12.6. The molecular formula is C11H17NO2. The van der Waals surface area contributed by atoms with E-state index in [-0.39, 0.29) is 12.8 Å². The third kappa shape index (κ3) is 2.72. The molecule has 0 bridgehead atoms. The standard InChI is InChI=1S/C11H17NO2/c1-8-4-5-11(14-7-13-3)10(6-8)9(2)12/h4-6,9H,7,12H2,1-3H3/t9-/m0/s1. The first-order valence-corrected chi connectivity index (χ1v) is 4.63. The minimum atomic E-state index is -0.0262. The highest BCUT2D eigenvalue weighted by Crippen LogP contribution is 2.24. The van der Waals surface area contributed by atoms with Crippen LogP contribution in [0.5, 0.6) is 5.75 Å². The monoisotopic (exact) mass is 195 g/mol. The van der Waals surface area contributed by atoms with Crippen LogP contribution in [0.1, 0.15) is 24.1 Å². The van der Waals surface area contributed by atoms with Crippen LogP contribution < -0.4 is 10.5 Å². The lowest BCUT2D eigenvalue weighted by atomic mass is 10.1. The summed E-state index contributed by atoms with van der Waals surface area (Å²) in [4.78, 5) is 0. The van der Waals surface area contributed by atoms with Gasteiger partial charge in [0.1, 0.15) is 5.75 Å². The van der Waals surface area contributed by atoms with Crippen molar-refractivity contribution in [3.05, 3.63) is 29.3 Å². The van der Waals surface area contributed by atoms with E-state index in [9.17, 15) is 0 Å². The Bertz CT molecular complexity index is 297. The van der Waals surface area contributed by atoms with Crippen molar-refractivity contribution in [1.29, 1.82) is 0 Å². The lowest BCUT2D eigenvalue weighted by Gasteiger charge is -2.14. The smallest absolute Gasteiger partial charge is 0.188 e. The molecule has 0 fully saturated rings. The second-order valence-corrected chi connectivity index (χ2v) is 3.38. The first-order valence-electron chi connectivity index (χ1n) is 4.63. The number of nitrogens with two attached hydrogens (primary N) is 1. The summed E-state index contributed by atoms with van der Waals surface area (Å²) in [6.07, 6.45) is 0. The van der Waals surface area contributed by atoms with Gasteiger partial charge in [-0.3, -0.25) is 0 Å². The van der Waals surface area contributed by atoms with E-state index < -0.39 is 0 Å². The fraction of sp³-hybridized carbons (Fsp3) is 0.455. The van der Waals surface area contributed by atoms with Gasteiger partial charge < -0.3 is 15.2 Å². The average molecular weight is 195 g/mol. The molecule has 1 aromatic rings. The molecule has 0 radical (unpaired) electrons. The van der Waals surface area contributed by atoms with Gasteiger partial charge in [0.05, 0.1) is 0 Å². The molecule has 0 amide bonds. The van der Waals surface area contributed by atoms with E-state index in [1.54, 1.807) is 7.11 Å². The van der Waals surface area contributed by atoms with Crippen LogP contribution in [0.15, 0.2) is 18.2 Å². The van der Waals surface area contributed by atoms with Crippen LogP contribution in [0.3, 0.4) is 0 Å². The van der Waals surface area contributed by atoms with E-state index in [0.29, 0.717) is 0 Å². The zero-order chi connectivity index (χ0) is 10.6.